The Bertz CT molecular complexity index is 201. The Hall–Kier alpha value is -0.570. The van der Waals surface area contributed by atoms with Crippen LogP contribution in [0.5, 0.6) is 0 Å². The molecule has 0 aromatic carbocycles. The lowest BCUT2D eigenvalue weighted by molar-refractivity contribution is -0.125. The highest BCUT2D eigenvalue weighted by molar-refractivity contribution is 5.84. The second kappa shape index (κ2) is 4.78. The predicted molar refractivity (Wildman–Crippen MR) is 57.9 cm³/mol. The molecule has 1 saturated carbocycles. The molecule has 0 saturated heterocycles. The lowest BCUT2D eigenvalue weighted by Crippen LogP contribution is -2.55. The average Bonchev–Trinajstić information content (AvgIpc) is 2.95. The van der Waals surface area contributed by atoms with Crippen molar-refractivity contribution in [1.82, 2.24) is 5.32 Å². The minimum atomic E-state index is -0.447. The van der Waals surface area contributed by atoms with Gasteiger partial charge >= 0.3 is 0 Å². The largest absolute Gasteiger partial charge is 0.368 e. The van der Waals surface area contributed by atoms with Gasteiger partial charge in [0, 0.05) is 0 Å². The third-order valence-electron chi connectivity index (χ3n) is 3.18. The fourth-order valence-corrected chi connectivity index (χ4v) is 1.86. The van der Waals surface area contributed by atoms with Gasteiger partial charge in [-0.15, -0.1) is 0 Å². The van der Waals surface area contributed by atoms with Crippen molar-refractivity contribution in [1.29, 1.82) is 0 Å². The maximum atomic E-state index is 11.4. The Kier molecular flexibility index (Phi) is 3.93. The van der Waals surface area contributed by atoms with Crippen molar-refractivity contribution in [2.75, 3.05) is 6.54 Å². The standard InChI is InChI=1S/C11H22N2O/c1-3-7-11(4-2,10(12)14)13-8-9-5-6-9/h9,13H,3-8H2,1-2H3,(H2,12,14). The number of carbonyl (C=O) groups excluding carboxylic acids is 1. The molecule has 82 valence electrons. The molecular weight excluding hydrogens is 176 g/mol. The Morgan fingerprint density at radius 3 is 2.50 bits per heavy atom. The molecule has 0 spiro atoms. The van der Waals surface area contributed by atoms with Crippen LogP contribution >= 0.6 is 0 Å². The smallest absolute Gasteiger partial charge is 0.237 e. The van der Waals surface area contributed by atoms with E-state index in [1.807, 2.05) is 6.92 Å². The fraction of sp³-hybridized carbons (Fsp3) is 0.909. The van der Waals surface area contributed by atoms with Gasteiger partial charge in [-0.2, -0.15) is 0 Å². The van der Waals surface area contributed by atoms with Crippen molar-refractivity contribution >= 4 is 5.91 Å². The number of hydrogen-bond donors (Lipinski definition) is 2. The second-order valence-electron chi connectivity index (χ2n) is 4.37. The molecule has 0 heterocycles. The molecular formula is C11H22N2O. The first-order chi connectivity index (χ1) is 6.64. The number of amides is 1. The minimum Gasteiger partial charge on any atom is -0.368 e. The van der Waals surface area contributed by atoms with E-state index < -0.39 is 5.54 Å². The van der Waals surface area contributed by atoms with Gasteiger partial charge in [-0.3, -0.25) is 4.79 Å². The van der Waals surface area contributed by atoms with E-state index in [9.17, 15) is 4.79 Å². The first-order valence-corrected chi connectivity index (χ1v) is 5.69. The van der Waals surface area contributed by atoms with Gasteiger partial charge in [0.2, 0.25) is 5.91 Å². The van der Waals surface area contributed by atoms with Crippen molar-refractivity contribution in [3.05, 3.63) is 0 Å². The summed E-state index contributed by atoms with van der Waals surface area (Å²) in [6, 6.07) is 0. The third-order valence-corrected chi connectivity index (χ3v) is 3.18. The van der Waals surface area contributed by atoms with E-state index >= 15 is 0 Å². The molecule has 1 rings (SSSR count). The van der Waals surface area contributed by atoms with Gasteiger partial charge in [-0.1, -0.05) is 20.3 Å². The van der Waals surface area contributed by atoms with Crippen LogP contribution in [0.1, 0.15) is 46.0 Å². The van der Waals surface area contributed by atoms with Crippen molar-refractivity contribution in [3.8, 4) is 0 Å². The highest BCUT2D eigenvalue weighted by Crippen LogP contribution is 2.29. The van der Waals surface area contributed by atoms with E-state index in [0.717, 1.165) is 31.7 Å². The summed E-state index contributed by atoms with van der Waals surface area (Å²) in [4.78, 5) is 11.4. The van der Waals surface area contributed by atoms with E-state index in [1.165, 1.54) is 12.8 Å². The van der Waals surface area contributed by atoms with Crippen LogP contribution in [0, 0.1) is 5.92 Å². The molecule has 1 fully saturated rings. The number of nitrogens with two attached hydrogens (primary N) is 1. The molecule has 1 aliphatic carbocycles. The molecule has 0 aromatic rings. The van der Waals surface area contributed by atoms with Crippen LogP contribution in [0.3, 0.4) is 0 Å². The van der Waals surface area contributed by atoms with Crippen molar-refractivity contribution in [3.63, 3.8) is 0 Å². The van der Waals surface area contributed by atoms with Gasteiger partial charge < -0.3 is 11.1 Å². The van der Waals surface area contributed by atoms with Crippen LogP contribution in [0.2, 0.25) is 0 Å². The summed E-state index contributed by atoms with van der Waals surface area (Å²) in [5, 5.41) is 3.37. The first-order valence-electron chi connectivity index (χ1n) is 5.69. The van der Waals surface area contributed by atoms with E-state index in [1.54, 1.807) is 0 Å². The molecule has 1 aliphatic rings. The van der Waals surface area contributed by atoms with Gasteiger partial charge in [-0.05, 0) is 38.1 Å². The van der Waals surface area contributed by atoms with Gasteiger partial charge in [0.25, 0.3) is 0 Å². The molecule has 0 aromatic heterocycles. The van der Waals surface area contributed by atoms with Crippen LogP contribution in [0.25, 0.3) is 0 Å². The number of carbonyl (C=O) groups is 1. The Balaban J connectivity index is 2.50. The summed E-state index contributed by atoms with van der Waals surface area (Å²) in [5.74, 6) is 0.597. The molecule has 3 heteroatoms. The molecule has 14 heavy (non-hydrogen) atoms. The molecule has 3 nitrogen and oxygen atoms in total. The number of primary amides is 1. The van der Waals surface area contributed by atoms with Crippen LogP contribution in [0.15, 0.2) is 0 Å². The molecule has 1 atom stereocenters. The number of rotatable bonds is 7. The van der Waals surface area contributed by atoms with Crippen molar-refractivity contribution in [2.24, 2.45) is 11.7 Å². The van der Waals surface area contributed by atoms with Crippen molar-refractivity contribution in [2.45, 2.75) is 51.5 Å². The zero-order chi connectivity index (χ0) is 10.6. The highest BCUT2D eigenvalue weighted by atomic mass is 16.1. The van der Waals surface area contributed by atoms with Gasteiger partial charge in [0.1, 0.15) is 0 Å². The Labute approximate surface area is 86.4 Å². The fourth-order valence-electron chi connectivity index (χ4n) is 1.86. The maximum absolute atomic E-state index is 11.4. The number of hydrogen-bond acceptors (Lipinski definition) is 2. The molecule has 1 amide bonds. The SMILES string of the molecule is CCCC(CC)(NCC1CC1)C(N)=O. The monoisotopic (exact) mass is 198 g/mol. The van der Waals surface area contributed by atoms with Crippen LogP contribution in [0.4, 0.5) is 0 Å². The van der Waals surface area contributed by atoms with E-state index in [4.69, 9.17) is 5.73 Å². The highest BCUT2D eigenvalue weighted by Gasteiger charge is 2.35. The van der Waals surface area contributed by atoms with Gasteiger partial charge in [0.05, 0.1) is 5.54 Å². The van der Waals surface area contributed by atoms with E-state index in [-0.39, 0.29) is 5.91 Å². The topological polar surface area (TPSA) is 55.1 Å². The summed E-state index contributed by atoms with van der Waals surface area (Å²) in [6.45, 7) is 5.07. The summed E-state index contributed by atoms with van der Waals surface area (Å²) >= 11 is 0. The minimum absolute atomic E-state index is 0.192. The normalized spacial score (nSPS) is 20.4. The molecule has 1 unspecified atom stereocenters. The summed E-state index contributed by atoms with van der Waals surface area (Å²) in [6.07, 6.45) is 5.25. The lowest BCUT2D eigenvalue weighted by atomic mass is 9.89. The van der Waals surface area contributed by atoms with E-state index in [0.29, 0.717) is 0 Å². The van der Waals surface area contributed by atoms with Crippen molar-refractivity contribution < 1.29 is 4.79 Å². The molecule has 3 N–H and O–H groups in total. The second-order valence-corrected chi connectivity index (χ2v) is 4.37. The van der Waals surface area contributed by atoms with Crippen LogP contribution in [-0.4, -0.2) is 18.0 Å². The Morgan fingerprint density at radius 1 is 1.50 bits per heavy atom. The maximum Gasteiger partial charge on any atom is 0.237 e. The Morgan fingerprint density at radius 2 is 2.14 bits per heavy atom. The summed E-state index contributed by atoms with van der Waals surface area (Å²) < 4.78 is 0. The molecule has 0 bridgehead atoms. The molecule has 0 aliphatic heterocycles. The predicted octanol–water partition coefficient (Wildman–Crippen LogP) is 1.42. The molecule has 0 radical (unpaired) electrons. The summed E-state index contributed by atoms with van der Waals surface area (Å²) in [5.41, 5.74) is 5.03. The zero-order valence-electron chi connectivity index (χ0n) is 9.31. The van der Waals surface area contributed by atoms with Crippen LogP contribution in [-0.2, 0) is 4.79 Å². The van der Waals surface area contributed by atoms with E-state index in [2.05, 4.69) is 12.2 Å². The zero-order valence-corrected chi connectivity index (χ0v) is 9.31. The van der Waals surface area contributed by atoms with Crippen LogP contribution < -0.4 is 11.1 Å². The first kappa shape index (κ1) is 11.5. The average molecular weight is 198 g/mol. The van der Waals surface area contributed by atoms with Gasteiger partial charge in [0.15, 0.2) is 0 Å². The summed E-state index contributed by atoms with van der Waals surface area (Å²) in [7, 11) is 0. The number of nitrogens with one attached hydrogen (secondary N) is 1. The quantitative estimate of drug-likeness (QED) is 0.650. The lowest BCUT2D eigenvalue weighted by Gasteiger charge is -2.30. The third kappa shape index (κ3) is 2.71. The van der Waals surface area contributed by atoms with Gasteiger partial charge in [-0.25, -0.2) is 0 Å².